The Kier molecular flexibility index (Phi) is 59.8. The van der Waals surface area contributed by atoms with Gasteiger partial charge in [0.2, 0.25) is 0 Å². The second kappa shape index (κ2) is 62.9. The molecule has 0 spiro atoms. The van der Waals surface area contributed by atoms with Crippen LogP contribution in [0.15, 0.2) is 122 Å². The number of allylic oxidation sites excluding steroid dienone is 20. The van der Waals surface area contributed by atoms with Crippen LogP contribution in [0.3, 0.4) is 0 Å². The number of phosphoric ester groups is 1. The Morgan fingerprint density at radius 3 is 0.988 bits per heavy atom. The largest absolute Gasteiger partial charge is 0.472 e. The lowest BCUT2D eigenvalue weighted by Crippen LogP contribution is -2.30. The quantitative estimate of drug-likeness (QED) is 0.0197. The highest BCUT2D eigenvalue weighted by molar-refractivity contribution is 7.47. The predicted molar refractivity (Wildman–Crippen MR) is 343 cm³/mol. The van der Waals surface area contributed by atoms with Crippen molar-refractivity contribution in [3.63, 3.8) is 0 Å². The highest BCUT2D eigenvalue weighted by Gasteiger charge is 2.28. The van der Waals surface area contributed by atoms with E-state index in [1.165, 1.54) is 64.2 Å². The number of ether oxygens (including phenoxy) is 3. The van der Waals surface area contributed by atoms with Gasteiger partial charge in [0, 0.05) is 19.3 Å². The summed E-state index contributed by atoms with van der Waals surface area (Å²) in [5.41, 5.74) is 0. The monoisotopic (exact) mass is 1160 g/mol. The number of aliphatic hydroxyl groups is 1. The lowest BCUT2D eigenvalue weighted by atomic mass is 10.1. The van der Waals surface area contributed by atoms with Crippen LogP contribution in [0.2, 0.25) is 0 Å². The Morgan fingerprint density at radius 2 is 0.634 bits per heavy atom. The maximum absolute atomic E-state index is 13.0. The topological polar surface area (TPSA) is 155 Å². The van der Waals surface area contributed by atoms with E-state index in [1.54, 1.807) is 0 Å². The van der Waals surface area contributed by atoms with Gasteiger partial charge < -0.3 is 24.2 Å². The number of hydrogen-bond donors (Lipinski definition) is 2. The maximum atomic E-state index is 13.0. The molecule has 0 bridgehead atoms. The van der Waals surface area contributed by atoms with Gasteiger partial charge in [-0.05, 0) is 135 Å². The molecule has 0 aliphatic heterocycles. The molecule has 0 rings (SSSR count). The summed E-state index contributed by atoms with van der Waals surface area (Å²) in [4.78, 5) is 48.8. The highest BCUT2D eigenvalue weighted by atomic mass is 31.2. The maximum Gasteiger partial charge on any atom is 0.472 e. The summed E-state index contributed by atoms with van der Waals surface area (Å²) in [7, 11) is -4.78. The zero-order valence-electron chi connectivity index (χ0n) is 51.9. The van der Waals surface area contributed by atoms with Crippen LogP contribution in [-0.4, -0.2) is 66.5 Å². The second-order valence-electron chi connectivity index (χ2n) is 21.2. The highest BCUT2D eigenvalue weighted by Crippen LogP contribution is 2.43. The summed E-state index contributed by atoms with van der Waals surface area (Å²) < 4.78 is 39.7. The van der Waals surface area contributed by atoms with Gasteiger partial charge >= 0.3 is 25.7 Å². The summed E-state index contributed by atoms with van der Waals surface area (Å²) >= 11 is 0. The molecule has 0 heterocycles. The molecule has 0 aliphatic carbocycles. The van der Waals surface area contributed by atoms with Gasteiger partial charge in [0.25, 0.3) is 0 Å². The molecule has 0 saturated carbocycles. The number of carbonyl (C=O) groups excluding carboxylic acids is 3. The SMILES string of the molecule is CC/C=C\C/C=C\C/C=C\C/C=C\C/C=C\CCCCCC(=O)OCC(COP(=O)(O)OCC(CO)OC(=O)CCCCCCCCC/C=C\C/C=C\CCCCC)OC(=O)CCCCCCCC/C=C\C/C=C\C/C=C\CCCCC. The lowest BCUT2D eigenvalue weighted by Gasteiger charge is -2.21. The number of rotatable bonds is 59. The van der Waals surface area contributed by atoms with Crippen molar-refractivity contribution >= 4 is 25.7 Å². The molecule has 3 unspecified atom stereocenters. The van der Waals surface area contributed by atoms with Crippen LogP contribution in [-0.2, 0) is 42.2 Å². The third-order valence-electron chi connectivity index (χ3n) is 13.3. The van der Waals surface area contributed by atoms with E-state index in [0.29, 0.717) is 19.3 Å². The molecular formula is C70H117O11P. The first kappa shape index (κ1) is 77.9. The summed E-state index contributed by atoms with van der Waals surface area (Å²) in [5, 5.41) is 9.86. The van der Waals surface area contributed by atoms with Gasteiger partial charge in [-0.2, -0.15) is 0 Å². The van der Waals surface area contributed by atoms with E-state index in [-0.39, 0.29) is 25.9 Å². The fraction of sp³-hybridized carbons (Fsp3) is 0.671. The molecule has 2 N–H and O–H groups in total. The molecular weight excluding hydrogens is 1050 g/mol. The fourth-order valence-electron chi connectivity index (χ4n) is 8.42. The smallest absolute Gasteiger partial charge is 0.462 e. The van der Waals surface area contributed by atoms with E-state index in [4.69, 9.17) is 23.3 Å². The van der Waals surface area contributed by atoms with Crippen molar-refractivity contribution in [2.24, 2.45) is 0 Å². The lowest BCUT2D eigenvalue weighted by molar-refractivity contribution is -0.161. The van der Waals surface area contributed by atoms with Gasteiger partial charge in [-0.1, -0.05) is 232 Å². The molecule has 0 radical (unpaired) electrons. The van der Waals surface area contributed by atoms with Gasteiger partial charge in [0.15, 0.2) is 6.10 Å². The minimum absolute atomic E-state index is 0.139. The first-order valence-electron chi connectivity index (χ1n) is 32.4. The van der Waals surface area contributed by atoms with Crippen LogP contribution in [0.4, 0.5) is 0 Å². The first-order chi connectivity index (χ1) is 40.2. The van der Waals surface area contributed by atoms with E-state index in [0.717, 1.165) is 141 Å². The number of aliphatic hydroxyl groups excluding tert-OH is 1. The van der Waals surface area contributed by atoms with Crippen LogP contribution in [0, 0.1) is 0 Å². The Hall–Kier alpha value is -4.12. The van der Waals surface area contributed by atoms with Gasteiger partial charge in [-0.3, -0.25) is 23.4 Å². The first-order valence-corrected chi connectivity index (χ1v) is 33.9. The Morgan fingerprint density at radius 1 is 0.354 bits per heavy atom. The summed E-state index contributed by atoms with van der Waals surface area (Å²) in [6, 6.07) is 0. The molecule has 468 valence electrons. The molecule has 3 atom stereocenters. The van der Waals surface area contributed by atoms with Crippen LogP contribution in [0.1, 0.15) is 265 Å². The predicted octanol–water partition coefficient (Wildman–Crippen LogP) is 19.9. The van der Waals surface area contributed by atoms with E-state index in [1.807, 2.05) is 0 Å². The minimum Gasteiger partial charge on any atom is -0.462 e. The Labute approximate surface area is 500 Å². The molecule has 0 aromatic carbocycles. The normalized spacial score (nSPS) is 14.1. The van der Waals surface area contributed by atoms with Gasteiger partial charge in [-0.15, -0.1) is 0 Å². The number of unbranched alkanes of at least 4 members (excludes halogenated alkanes) is 22. The third-order valence-corrected chi connectivity index (χ3v) is 14.3. The van der Waals surface area contributed by atoms with E-state index in [9.17, 15) is 28.9 Å². The standard InChI is InChI=1S/C70H117O11P/c1-4-7-10-13-16-19-22-25-28-31-33-36-38-41-44-47-50-53-56-59-68(72)77-63-67(81-70(74)61-58-55-52-49-46-43-40-37-34-32-29-26-23-20-17-14-11-8-5-2)65-79-82(75,76)78-64-66(62-71)80-69(73)60-57-54-51-48-45-42-39-35-30-27-24-21-18-15-12-9-6-3/h7,10,16-21,25-30,33-34,36-37,41,44,66-67,71H,4-6,8-9,11-15,22-24,31-32,35,38-40,42-43,45-65H2,1-3H3,(H,75,76)/b10-7-,19-16-,20-17-,21-18-,28-25-,29-26-,30-27-,36-33-,37-34-,44-41-. The number of carbonyl (C=O) groups is 3. The van der Waals surface area contributed by atoms with Crippen LogP contribution in [0.25, 0.3) is 0 Å². The fourth-order valence-corrected chi connectivity index (χ4v) is 9.20. The zero-order chi connectivity index (χ0) is 59.8. The molecule has 0 aromatic rings. The van der Waals surface area contributed by atoms with E-state index >= 15 is 0 Å². The number of esters is 3. The van der Waals surface area contributed by atoms with Crippen molar-refractivity contribution in [1.29, 1.82) is 0 Å². The molecule has 12 heteroatoms. The average Bonchev–Trinajstić information content (AvgIpc) is 3.47. The van der Waals surface area contributed by atoms with Crippen molar-refractivity contribution in [2.75, 3.05) is 26.4 Å². The molecule has 0 aliphatic rings. The van der Waals surface area contributed by atoms with Crippen molar-refractivity contribution in [3.05, 3.63) is 122 Å². The molecule has 11 nitrogen and oxygen atoms in total. The zero-order valence-corrected chi connectivity index (χ0v) is 52.8. The van der Waals surface area contributed by atoms with Gasteiger partial charge in [0.05, 0.1) is 19.8 Å². The van der Waals surface area contributed by atoms with Crippen molar-refractivity contribution in [2.45, 2.75) is 277 Å². The summed E-state index contributed by atoms with van der Waals surface area (Å²) in [6.45, 7) is 4.43. The Bertz CT molecular complexity index is 1840. The number of phosphoric acid groups is 1. The van der Waals surface area contributed by atoms with Crippen molar-refractivity contribution < 1.29 is 52.2 Å². The minimum atomic E-state index is -4.78. The summed E-state index contributed by atoms with van der Waals surface area (Å²) in [5.74, 6) is -1.53. The second-order valence-corrected chi connectivity index (χ2v) is 22.6. The van der Waals surface area contributed by atoms with Crippen LogP contribution < -0.4 is 0 Å². The molecule has 0 aromatic heterocycles. The van der Waals surface area contributed by atoms with E-state index in [2.05, 4.69) is 142 Å². The molecule has 82 heavy (non-hydrogen) atoms. The molecule has 0 amide bonds. The van der Waals surface area contributed by atoms with Crippen molar-refractivity contribution in [1.82, 2.24) is 0 Å². The average molecular weight is 1170 g/mol. The van der Waals surface area contributed by atoms with E-state index < -0.39 is 57.8 Å². The molecule has 0 fully saturated rings. The number of hydrogen-bond acceptors (Lipinski definition) is 10. The third kappa shape index (κ3) is 60.5. The summed E-state index contributed by atoms with van der Waals surface area (Å²) in [6.07, 6.45) is 78.5. The van der Waals surface area contributed by atoms with Crippen LogP contribution in [0.5, 0.6) is 0 Å². The van der Waals surface area contributed by atoms with Crippen LogP contribution >= 0.6 is 7.82 Å². The van der Waals surface area contributed by atoms with Gasteiger partial charge in [0.1, 0.15) is 12.7 Å². The van der Waals surface area contributed by atoms with Gasteiger partial charge in [-0.25, -0.2) is 4.57 Å². The Balaban J connectivity index is 4.80. The molecule has 0 saturated heterocycles. The van der Waals surface area contributed by atoms with Crippen molar-refractivity contribution in [3.8, 4) is 0 Å².